The van der Waals surface area contributed by atoms with Crippen LogP contribution in [0.3, 0.4) is 0 Å². The molecule has 0 amide bonds. The third-order valence-corrected chi connectivity index (χ3v) is 7.42. The Bertz CT molecular complexity index is 1160. The molecule has 2 aliphatic carbocycles. The van der Waals surface area contributed by atoms with Gasteiger partial charge in [0.05, 0.1) is 11.0 Å². The number of fused-ring (bicyclic) bond motifs is 1. The van der Waals surface area contributed by atoms with Crippen molar-refractivity contribution in [2.24, 2.45) is 11.3 Å². The van der Waals surface area contributed by atoms with Crippen LogP contribution in [0.4, 0.5) is 0 Å². The van der Waals surface area contributed by atoms with Crippen LogP contribution in [0.5, 0.6) is 17.2 Å². The number of rotatable bonds is 4. The first kappa shape index (κ1) is 24.9. The van der Waals surface area contributed by atoms with E-state index in [0.717, 1.165) is 6.42 Å². The number of esters is 4. The molecule has 1 saturated carbocycles. The van der Waals surface area contributed by atoms with Crippen LogP contribution < -0.4 is 14.2 Å². The Morgan fingerprint density at radius 3 is 2.06 bits per heavy atom. The highest BCUT2D eigenvalue weighted by Gasteiger charge is 2.66. The number of carbonyl (C=O) groups excluding carboxylic acids is 5. The number of hydrogen-bond acceptors (Lipinski definition) is 9. The van der Waals surface area contributed by atoms with Gasteiger partial charge in [-0.15, -0.1) is 0 Å². The van der Waals surface area contributed by atoms with E-state index in [1.807, 2.05) is 6.92 Å². The van der Waals surface area contributed by atoms with Crippen molar-refractivity contribution in [3.05, 3.63) is 16.7 Å². The number of carbonyl (C=O) groups is 5. The molecule has 0 radical (unpaired) electrons. The van der Waals surface area contributed by atoms with Crippen LogP contribution in [0.1, 0.15) is 94.6 Å². The van der Waals surface area contributed by atoms with E-state index < -0.39 is 34.8 Å². The van der Waals surface area contributed by atoms with Crippen LogP contribution in [0.25, 0.3) is 0 Å². The van der Waals surface area contributed by atoms with E-state index in [9.17, 15) is 24.0 Å². The van der Waals surface area contributed by atoms with Gasteiger partial charge in [0.15, 0.2) is 17.3 Å². The van der Waals surface area contributed by atoms with Crippen molar-refractivity contribution in [1.82, 2.24) is 0 Å². The summed E-state index contributed by atoms with van der Waals surface area (Å²) in [4.78, 5) is 63.2. The van der Waals surface area contributed by atoms with Crippen LogP contribution in [0.15, 0.2) is 0 Å². The second-order valence-corrected chi connectivity index (χ2v) is 10.3. The highest BCUT2D eigenvalue weighted by molar-refractivity contribution is 6.04. The molecule has 1 aliphatic heterocycles. The quantitative estimate of drug-likeness (QED) is 0.462. The minimum absolute atomic E-state index is 0.00740. The van der Waals surface area contributed by atoms with Gasteiger partial charge in [0.25, 0.3) is 0 Å². The highest BCUT2D eigenvalue weighted by Crippen LogP contribution is 2.61. The molecular weight excluding hydrogens is 456 g/mol. The molecule has 2 bridgehead atoms. The van der Waals surface area contributed by atoms with Crippen molar-refractivity contribution in [3.63, 3.8) is 0 Å². The Labute approximate surface area is 203 Å². The first-order valence-electron chi connectivity index (χ1n) is 11.9. The van der Waals surface area contributed by atoms with Gasteiger partial charge < -0.3 is 18.9 Å². The third kappa shape index (κ3) is 3.90. The van der Waals surface area contributed by atoms with Gasteiger partial charge in [-0.3, -0.25) is 24.0 Å². The summed E-state index contributed by atoms with van der Waals surface area (Å²) >= 11 is 0. The lowest BCUT2D eigenvalue weighted by molar-refractivity contribution is -0.152. The van der Waals surface area contributed by atoms with Crippen molar-refractivity contribution < 1.29 is 42.9 Å². The van der Waals surface area contributed by atoms with Gasteiger partial charge in [-0.25, -0.2) is 0 Å². The molecule has 0 N–H and O–H groups in total. The van der Waals surface area contributed by atoms with Crippen LogP contribution >= 0.6 is 0 Å². The molecule has 1 saturated heterocycles. The first-order chi connectivity index (χ1) is 16.3. The maximum Gasteiger partial charge on any atom is 0.312 e. The van der Waals surface area contributed by atoms with Crippen LogP contribution in [-0.4, -0.2) is 35.3 Å². The lowest BCUT2D eigenvalue weighted by atomic mass is 9.61. The Kier molecular flexibility index (Phi) is 6.02. The van der Waals surface area contributed by atoms with Gasteiger partial charge in [0, 0.05) is 50.7 Å². The summed E-state index contributed by atoms with van der Waals surface area (Å²) < 4.78 is 22.7. The molecule has 0 aromatic heterocycles. The standard InChI is InChI=1S/C26H30O9/c1-12(2)19-22(33-14(4)28)20-16(21(32-13(3)27)23(19)34-15(5)29)11-26-9-7-8-25(6,24(31)35-26)18(26)10-17(20)30/h12,18H,7-11H2,1-6H3/t18-,25-,26-/m0/s1. The van der Waals surface area contributed by atoms with E-state index in [-0.39, 0.29) is 64.5 Å². The van der Waals surface area contributed by atoms with Gasteiger partial charge in [-0.05, 0) is 32.1 Å². The molecule has 35 heavy (non-hydrogen) atoms. The Morgan fingerprint density at radius 1 is 0.914 bits per heavy atom. The molecule has 3 atom stereocenters. The molecule has 9 nitrogen and oxygen atoms in total. The molecule has 1 aromatic rings. The smallest absolute Gasteiger partial charge is 0.312 e. The number of hydrogen-bond donors (Lipinski definition) is 0. The summed E-state index contributed by atoms with van der Waals surface area (Å²) in [5, 5.41) is 0. The minimum Gasteiger partial charge on any atom is -0.458 e. The summed E-state index contributed by atoms with van der Waals surface area (Å²) in [5.41, 5.74) is -1.19. The number of ether oxygens (including phenoxy) is 4. The topological polar surface area (TPSA) is 122 Å². The summed E-state index contributed by atoms with van der Waals surface area (Å²) in [6, 6.07) is 0. The predicted molar refractivity (Wildman–Crippen MR) is 121 cm³/mol. The second kappa shape index (κ2) is 8.46. The third-order valence-electron chi connectivity index (χ3n) is 7.42. The maximum absolute atomic E-state index is 13.9. The zero-order chi connectivity index (χ0) is 25.9. The van der Waals surface area contributed by atoms with Crippen LogP contribution in [0.2, 0.25) is 0 Å². The van der Waals surface area contributed by atoms with Crippen molar-refractivity contribution >= 4 is 29.7 Å². The molecule has 188 valence electrons. The molecule has 0 spiro atoms. The van der Waals surface area contributed by atoms with Crippen molar-refractivity contribution in [2.75, 3.05) is 0 Å². The molecule has 4 rings (SSSR count). The average Bonchev–Trinajstić information content (AvgIpc) is 2.82. The van der Waals surface area contributed by atoms with E-state index in [1.165, 1.54) is 20.8 Å². The van der Waals surface area contributed by atoms with Gasteiger partial charge in [0.1, 0.15) is 11.4 Å². The van der Waals surface area contributed by atoms with Crippen LogP contribution in [-0.2, 0) is 30.3 Å². The average molecular weight is 487 g/mol. The fraction of sp³-hybridized carbons (Fsp3) is 0.577. The molecule has 0 unspecified atom stereocenters. The predicted octanol–water partition coefficient (Wildman–Crippen LogP) is 3.82. The summed E-state index contributed by atoms with van der Waals surface area (Å²) in [7, 11) is 0. The van der Waals surface area contributed by atoms with Crippen LogP contribution in [0, 0.1) is 11.3 Å². The summed E-state index contributed by atoms with van der Waals surface area (Å²) in [6.45, 7) is 9.00. The monoisotopic (exact) mass is 486 g/mol. The Hall–Kier alpha value is -3.23. The normalized spacial score (nSPS) is 26.9. The van der Waals surface area contributed by atoms with Crippen molar-refractivity contribution in [2.45, 2.75) is 85.2 Å². The molecule has 1 aromatic carbocycles. The number of ketones is 1. The van der Waals surface area contributed by atoms with E-state index in [1.54, 1.807) is 13.8 Å². The first-order valence-corrected chi connectivity index (χ1v) is 11.9. The fourth-order valence-electron chi connectivity index (χ4n) is 6.08. The SMILES string of the molecule is CC(=O)Oc1c2c(c(OC(C)=O)c(C(C)C)c1OC(C)=O)C(=O)C[C@@H]1[C@]3(CCC[C@]1(C)C(=O)O3)C2. The van der Waals surface area contributed by atoms with Gasteiger partial charge in [0.2, 0.25) is 0 Å². The zero-order valence-corrected chi connectivity index (χ0v) is 20.9. The summed E-state index contributed by atoms with van der Waals surface area (Å²) in [6.07, 6.45) is 1.92. The molecule has 9 heteroatoms. The lowest BCUT2D eigenvalue weighted by Crippen LogP contribution is -2.45. The number of Topliss-reactive ketones (excluding diaryl/α,β-unsaturated/α-hetero) is 1. The van der Waals surface area contributed by atoms with E-state index in [4.69, 9.17) is 18.9 Å². The summed E-state index contributed by atoms with van der Waals surface area (Å²) in [5.74, 6) is -3.65. The molecule has 3 aliphatic rings. The minimum atomic E-state index is -0.986. The molecular formula is C26H30O9. The number of benzene rings is 1. The molecule has 1 heterocycles. The van der Waals surface area contributed by atoms with E-state index in [2.05, 4.69) is 0 Å². The van der Waals surface area contributed by atoms with E-state index >= 15 is 0 Å². The largest absolute Gasteiger partial charge is 0.458 e. The Morgan fingerprint density at radius 2 is 1.49 bits per heavy atom. The van der Waals surface area contributed by atoms with E-state index in [0.29, 0.717) is 12.8 Å². The Balaban J connectivity index is 2.09. The zero-order valence-electron chi connectivity index (χ0n) is 20.9. The molecule has 2 fully saturated rings. The van der Waals surface area contributed by atoms with Gasteiger partial charge >= 0.3 is 23.9 Å². The fourth-order valence-corrected chi connectivity index (χ4v) is 6.08. The lowest BCUT2D eigenvalue weighted by Gasteiger charge is -2.40. The van der Waals surface area contributed by atoms with Gasteiger partial charge in [-0.1, -0.05) is 13.8 Å². The maximum atomic E-state index is 13.9. The second-order valence-electron chi connectivity index (χ2n) is 10.3. The van der Waals surface area contributed by atoms with Crippen molar-refractivity contribution in [1.29, 1.82) is 0 Å². The van der Waals surface area contributed by atoms with Crippen molar-refractivity contribution in [3.8, 4) is 17.2 Å². The highest BCUT2D eigenvalue weighted by atomic mass is 16.6. The van der Waals surface area contributed by atoms with Gasteiger partial charge in [-0.2, -0.15) is 0 Å².